The lowest BCUT2D eigenvalue weighted by Gasteiger charge is -2.34. The smallest absolute Gasteiger partial charge is 0.343 e. The standard InChI is InChI=1S/C21H19ClF3N5OS/c22-16-5-1-14(2-6-16)13-18-27-20(32-28-18)30-11-9-29(10-12-30)19(31)26-17-7-3-15(4-8-17)21(23,24)25/h1-8H,9-13H2,(H,26,31). The van der Waals surface area contributed by atoms with Gasteiger partial charge >= 0.3 is 12.2 Å². The Morgan fingerprint density at radius 2 is 1.69 bits per heavy atom. The van der Waals surface area contributed by atoms with Crippen LogP contribution in [0.25, 0.3) is 0 Å². The zero-order valence-electron chi connectivity index (χ0n) is 16.8. The highest BCUT2D eigenvalue weighted by atomic mass is 35.5. The van der Waals surface area contributed by atoms with Crippen LogP contribution in [0.2, 0.25) is 5.02 Å². The molecule has 0 aliphatic carbocycles. The molecule has 0 bridgehead atoms. The number of benzene rings is 2. The number of alkyl halides is 3. The maximum Gasteiger partial charge on any atom is 0.416 e. The number of piperazine rings is 1. The predicted octanol–water partition coefficient (Wildman–Crippen LogP) is 5.16. The lowest BCUT2D eigenvalue weighted by atomic mass is 10.1. The second-order valence-electron chi connectivity index (χ2n) is 7.28. The molecule has 3 aromatic rings. The molecule has 32 heavy (non-hydrogen) atoms. The number of carbonyl (C=O) groups is 1. The minimum Gasteiger partial charge on any atom is -0.343 e. The van der Waals surface area contributed by atoms with E-state index in [0.717, 1.165) is 28.7 Å². The third kappa shape index (κ3) is 5.49. The number of hydrogen-bond donors (Lipinski definition) is 1. The summed E-state index contributed by atoms with van der Waals surface area (Å²) in [5.74, 6) is 0.731. The summed E-state index contributed by atoms with van der Waals surface area (Å²) in [5.41, 5.74) is 0.640. The summed E-state index contributed by atoms with van der Waals surface area (Å²) in [6.07, 6.45) is -3.79. The number of carbonyl (C=O) groups excluding carboxylic acids is 1. The van der Waals surface area contributed by atoms with Gasteiger partial charge in [0.2, 0.25) is 5.13 Å². The van der Waals surface area contributed by atoms with Gasteiger partial charge in [-0.05, 0) is 42.0 Å². The lowest BCUT2D eigenvalue weighted by Crippen LogP contribution is -2.50. The van der Waals surface area contributed by atoms with Gasteiger partial charge in [0.15, 0.2) is 0 Å². The van der Waals surface area contributed by atoms with Crippen molar-refractivity contribution in [3.8, 4) is 0 Å². The summed E-state index contributed by atoms with van der Waals surface area (Å²) in [7, 11) is 0. The van der Waals surface area contributed by atoms with Gasteiger partial charge in [0.25, 0.3) is 0 Å². The molecule has 168 valence electrons. The number of aromatic nitrogens is 2. The van der Waals surface area contributed by atoms with Gasteiger partial charge in [-0.25, -0.2) is 9.78 Å². The van der Waals surface area contributed by atoms with Gasteiger partial charge in [0.05, 0.1) is 5.56 Å². The summed E-state index contributed by atoms with van der Waals surface area (Å²) in [6, 6.07) is 11.6. The molecule has 0 atom stereocenters. The Morgan fingerprint density at radius 1 is 1.03 bits per heavy atom. The monoisotopic (exact) mass is 481 g/mol. The van der Waals surface area contributed by atoms with Crippen LogP contribution in [0.1, 0.15) is 17.0 Å². The van der Waals surface area contributed by atoms with E-state index in [9.17, 15) is 18.0 Å². The van der Waals surface area contributed by atoms with E-state index in [1.54, 1.807) is 4.90 Å². The van der Waals surface area contributed by atoms with E-state index in [1.165, 1.54) is 23.7 Å². The van der Waals surface area contributed by atoms with Crippen molar-refractivity contribution in [1.82, 2.24) is 14.3 Å². The fourth-order valence-corrected chi connectivity index (χ4v) is 4.14. The third-order valence-corrected chi connectivity index (χ3v) is 6.10. The largest absolute Gasteiger partial charge is 0.416 e. The molecular weight excluding hydrogens is 463 g/mol. The Kier molecular flexibility index (Phi) is 6.52. The minimum atomic E-state index is -4.40. The summed E-state index contributed by atoms with van der Waals surface area (Å²) in [5, 5.41) is 4.13. The van der Waals surface area contributed by atoms with Gasteiger partial charge in [-0.1, -0.05) is 23.7 Å². The van der Waals surface area contributed by atoms with Crippen molar-refractivity contribution in [3.05, 3.63) is 70.5 Å². The molecule has 2 amide bonds. The zero-order chi connectivity index (χ0) is 22.7. The first kappa shape index (κ1) is 22.3. The molecule has 1 aliphatic heterocycles. The maximum absolute atomic E-state index is 12.7. The SMILES string of the molecule is O=C(Nc1ccc(C(F)(F)F)cc1)N1CCN(c2nc(Cc3ccc(Cl)cc3)ns2)CC1. The number of nitrogens with one attached hydrogen (secondary N) is 1. The van der Waals surface area contributed by atoms with Gasteiger partial charge in [-0.15, -0.1) is 0 Å². The second-order valence-corrected chi connectivity index (χ2v) is 8.44. The maximum atomic E-state index is 12.7. The van der Waals surface area contributed by atoms with Crippen molar-refractivity contribution in [3.63, 3.8) is 0 Å². The van der Waals surface area contributed by atoms with E-state index < -0.39 is 11.7 Å². The van der Waals surface area contributed by atoms with Gasteiger partial charge in [-0.3, -0.25) is 0 Å². The highest BCUT2D eigenvalue weighted by molar-refractivity contribution is 7.09. The van der Waals surface area contributed by atoms with Gasteiger partial charge in [-0.2, -0.15) is 17.5 Å². The molecule has 4 rings (SSSR count). The van der Waals surface area contributed by atoms with Crippen LogP contribution in [-0.2, 0) is 12.6 Å². The molecule has 1 N–H and O–H groups in total. The summed E-state index contributed by atoms with van der Waals surface area (Å²) in [6.45, 7) is 2.13. The highest BCUT2D eigenvalue weighted by Gasteiger charge is 2.30. The average Bonchev–Trinajstić information content (AvgIpc) is 3.24. The normalized spacial score (nSPS) is 14.5. The molecular formula is C21H19ClF3N5OS. The topological polar surface area (TPSA) is 61.4 Å². The Balaban J connectivity index is 1.29. The molecule has 1 aromatic heterocycles. The van der Waals surface area contributed by atoms with Crippen LogP contribution in [0.15, 0.2) is 48.5 Å². The van der Waals surface area contributed by atoms with Gasteiger partial charge in [0, 0.05) is 54.8 Å². The molecule has 6 nitrogen and oxygen atoms in total. The first-order valence-corrected chi connectivity index (χ1v) is 11.0. The molecule has 2 aromatic carbocycles. The van der Waals surface area contributed by atoms with Crippen LogP contribution >= 0.6 is 23.1 Å². The number of halogens is 4. The third-order valence-electron chi connectivity index (χ3n) is 5.03. The highest BCUT2D eigenvalue weighted by Crippen LogP contribution is 2.30. The van der Waals surface area contributed by atoms with E-state index in [2.05, 4.69) is 19.6 Å². The van der Waals surface area contributed by atoms with Crippen LogP contribution < -0.4 is 10.2 Å². The molecule has 11 heteroatoms. The Bertz CT molecular complexity index is 1060. The molecule has 1 saturated heterocycles. The Labute approximate surface area is 191 Å². The molecule has 0 spiro atoms. The minimum absolute atomic E-state index is 0.321. The lowest BCUT2D eigenvalue weighted by molar-refractivity contribution is -0.137. The van der Waals surface area contributed by atoms with Crippen LogP contribution in [0.5, 0.6) is 0 Å². The molecule has 1 aliphatic rings. The van der Waals surface area contributed by atoms with Crippen molar-refractivity contribution in [1.29, 1.82) is 0 Å². The fraction of sp³-hybridized carbons (Fsp3) is 0.286. The molecule has 2 heterocycles. The van der Waals surface area contributed by atoms with E-state index in [1.807, 2.05) is 24.3 Å². The number of amides is 2. The van der Waals surface area contributed by atoms with Crippen LogP contribution in [0.3, 0.4) is 0 Å². The number of anilines is 2. The van der Waals surface area contributed by atoms with Gasteiger partial charge < -0.3 is 15.1 Å². The van der Waals surface area contributed by atoms with E-state index in [4.69, 9.17) is 11.6 Å². The zero-order valence-corrected chi connectivity index (χ0v) is 18.3. The molecule has 0 saturated carbocycles. The fourth-order valence-electron chi connectivity index (χ4n) is 3.28. The number of hydrogen-bond acceptors (Lipinski definition) is 5. The summed E-state index contributed by atoms with van der Waals surface area (Å²) < 4.78 is 42.4. The summed E-state index contributed by atoms with van der Waals surface area (Å²) >= 11 is 7.23. The Hall–Kier alpha value is -2.85. The predicted molar refractivity (Wildman–Crippen MR) is 118 cm³/mol. The van der Waals surface area contributed by atoms with Crippen molar-refractivity contribution in [2.24, 2.45) is 0 Å². The van der Waals surface area contributed by atoms with Crippen molar-refractivity contribution in [2.45, 2.75) is 12.6 Å². The number of rotatable bonds is 4. The number of nitrogens with zero attached hydrogens (tertiary/aromatic N) is 4. The second kappa shape index (κ2) is 9.33. The van der Waals surface area contributed by atoms with E-state index in [-0.39, 0.29) is 6.03 Å². The molecule has 0 radical (unpaired) electrons. The van der Waals surface area contributed by atoms with E-state index in [0.29, 0.717) is 43.3 Å². The number of urea groups is 1. The van der Waals surface area contributed by atoms with Gasteiger partial charge in [0.1, 0.15) is 5.82 Å². The van der Waals surface area contributed by atoms with Crippen LogP contribution in [0.4, 0.5) is 28.8 Å². The van der Waals surface area contributed by atoms with E-state index >= 15 is 0 Å². The van der Waals surface area contributed by atoms with Crippen molar-refractivity contribution >= 4 is 40.0 Å². The Morgan fingerprint density at radius 3 is 2.31 bits per heavy atom. The summed E-state index contributed by atoms with van der Waals surface area (Å²) in [4.78, 5) is 20.8. The van der Waals surface area contributed by atoms with Crippen molar-refractivity contribution < 1.29 is 18.0 Å². The molecule has 1 fully saturated rings. The first-order valence-electron chi connectivity index (χ1n) is 9.83. The quantitative estimate of drug-likeness (QED) is 0.559. The van der Waals surface area contributed by atoms with Crippen molar-refractivity contribution in [2.75, 3.05) is 36.4 Å². The molecule has 0 unspecified atom stereocenters. The van der Waals surface area contributed by atoms with Crippen LogP contribution in [-0.4, -0.2) is 46.5 Å². The first-order chi connectivity index (χ1) is 15.3. The van der Waals surface area contributed by atoms with Crippen LogP contribution in [0, 0.1) is 0 Å². The average molecular weight is 482 g/mol.